The van der Waals surface area contributed by atoms with Crippen LogP contribution in [0.25, 0.3) is 5.65 Å². The lowest BCUT2D eigenvalue weighted by molar-refractivity contribution is -0.137. The molecule has 16 heavy (non-hydrogen) atoms. The van der Waals surface area contributed by atoms with Gasteiger partial charge in [-0.25, -0.2) is 9.50 Å². The summed E-state index contributed by atoms with van der Waals surface area (Å²) in [5.41, 5.74) is 7.37. The third kappa shape index (κ3) is 1.87. The van der Waals surface area contributed by atoms with Crippen LogP contribution in [0.2, 0.25) is 0 Å². The van der Waals surface area contributed by atoms with Crippen LogP contribution in [0.5, 0.6) is 0 Å². The zero-order chi connectivity index (χ0) is 11.7. The molecule has 0 saturated heterocycles. The van der Waals surface area contributed by atoms with Crippen LogP contribution in [0.3, 0.4) is 0 Å². The van der Waals surface area contributed by atoms with Crippen LogP contribution in [-0.4, -0.2) is 25.7 Å². The number of pyridine rings is 1. The maximum absolute atomic E-state index is 10.5. The van der Waals surface area contributed by atoms with E-state index in [2.05, 4.69) is 10.1 Å². The molecule has 0 bridgehead atoms. The highest BCUT2D eigenvalue weighted by atomic mass is 16.4. The van der Waals surface area contributed by atoms with E-state index in [1.54, 1.807) is 10.7 Å². The molecule has 0 saturated carbocycles. The highest BCUT2D eigenvalue weighted by Gasteiger charge is 2.16. The number of aryl methyl sites for hydroxylation is 1. The Labute approximate surface area is 91.7 Å². The molecule has 3 N–H and O–H groups in total. The molecule has 2 aromatic heterocycles. The number of carboxylic acids is 1. The van der Waals surface area contributed by atoms with Gasteiger partial charge in [0.15, 0.2) is 11.5 Å². The fraction of sp³-hybridized carbons (Fsp3) is 0.300. The number of hydrogen-bond donors (Lipinski definition) is 2. The number of fused-ring (bicyclic) bond motifs is 1. The van der Waals surface area contributed by atoms with Crippen LogP contribution in [0.15, 0.2) is 18.3 Å². The third-order valence-corrected chi connectivity index (χ3v) is 2.30. The molecule has 1 atom stereocenters. The van der Waals surface area contributed by atoms with Gasteiger partial charge in [-0.3, -0.25) is 4.79 Å². The van der Waals surface area contributed by atoms with Crippen LogP contribution >= 0.6 is 0 Å². The number of aliphatic carboxylic acids is 1. The van der Waals surface area contributed by atoms with Gasteiger partial charge >= 0.3 is 5.97 Å². The molecule has 0 aliphatic carbocycles. The Hall–Kier alpha value is -1.95. The molecule has 0 aliphatic heterocycles. The van der Waals surface area contributed by atoms with Crippen LogP contribution in [-0.2, 0) is 4.79 Å². The second-order valence-corrected chi connectivity index (χ2v) is 3.63. The molecular weight excluding hydrogens is 208 g/mol. The van der Waals surface area contributed by atoms with Gasteiger partial charge in [0.05, 0.1) is 12.5 Å². The van der Waals surface area contributed by atoms with E-state index in [9.17, 15) is 4.79 Å². The van der Waals surface area contributed by atoms with Crippen molar-refractivity contribution >= 4 is 11.6 Å². The first kappa shape index (κ1) is 10.6. The van der Waals surface area contributed by atoms with Gasteiger partial charge < -0.3 is 10.8 Å². The molecule has 2 heterocycles. The summed E-state index contributed by atoms with van der Waals surface area (Å²) >= 11 is 0. The normalized spacial score (nSPS) is 12.9. The summed E-state index contributed by atoms with van der Waals surface area (Å²) < 4.78 is 1.60. The highest BCUT2D eigenvalue weighted by molar-refractivity contribution is 5.67. The van der Waals surface area contributed by atoms with Crippen molar-refractivity contribution < 1.29 is 9.90 Å². The number of rotatable bonds is 3. The van der Waals surface area contributed by atoms with Gasteiger partial charge in [-0.15, -0.1) is 5.10 Å². The van der Waals surface area contributed by atoms with Crippen LogP contribution < -0.4 is 5.73 Å². The van der Waals surface area contributed by atoms with Crippen molar-refractivity contribution in [3.8, 4) is 0 Å². The van der Waals surface area contributed by atoms with E-state index in [4.69, 9.17) is 10.8 Å². The minimum Gasteiger partial charge on any atom is -0.481 e. The van der Waals surface area contributed by atoms with E-state index in [0.717, 1.165) is 5.56 Å². The highest BCUT2D eigenvalue weighted by Crippen LogP contribution is 2.13. The first-order valence-corrected chi connectivity index (χ1v) is 4.87. The minimum atomic E-state index is -0.955. The molecule has 6 nitrogen and oxygen atoms in total. The van der Waals surface area contributed by atoms with Crippen molar-refractivity contribution in [2.75, 3.05) is 0 Å². The fourth-order valence-electron chi connectivity index (χ4n) is 1.49. The lowest BCUT2D eigenvalue weighted by atomic mass is 10.2. The Bertz CT molecular complexity index is 535. The summed E-state index contributed by atoms with van der Waals surface area (Å²) in [4.78, 5) is 14.8. The van der Waals surface area contributed by atoms with E-state index in [1.807, 2.05) is 19.1 Å². The van der Waals surface area contributed by atoms with Gasteiger partial charge in [-0.2, -0.15) is 0 Å². The monoisotopic (exact) mass is 220 g/mol. The van der Waals surface area contributed by atoms with Crippen LogP contribution in [0.4, 0.5) is 0 Å². The van der Waals surface area contributed by atoms with Crippen molar-refractivity contribution in [2.24, 2.45) is 5.73 Å². The predicted octanol–water partition coefficient (Wildman–Crippen LogP) is 0.512. The summed E-state index contributed by atoms with van der Waals surface area (Å²) in [6, 6.07) is 3.09. The molecule has 84 valence electrons. The summed E-state index contributed by atoms with van der Waals surface area (Å²) in [5.74, 6) is -0.597. The summed E-state index contributed by atoms with van der Waals surface area (Å²) in [7, 11) is 0. The smallest absolute Gasteiger partial charge is 0.305 e. The summed E-state index contributed by atoms with van der Waals surface area (Å²) in [6.45, 7) is 1.91. The van der Waals surface area contributed by atoms with Crippen molar-refractivity contribution in [1.29, 1.82) is 0 Å². The first-order chi connectivity index (χ1) is 7.58. The fourth-order valence-corrected chi connectivity index (χ4v) is 1.49. The van der Waals surface area contributed by atoms with Gasteiger partial charge in [-0.05, 0) is 18.6 Å². The van der Waals surface area contributed by atoms with Crippen molar-refractivity contribution in [1.82, 2.24) is 14.6 Å². The lowest BCUT2D eigenvalue weighted by Crippen LogP contribution is -2.16. The first-order valence-electron chi connectivity index (χ1n) is 4.87. The standard InChI is InChI=1S/C10H12N4O2/c1-6-3-2-4-14-10(6)12-9(13-14)7(11)5-8(15)16/h2-4,7H,5,11H2,1H3,(H,15,16). The zero-order valence-electron chi connectivity index (χ0n) is 8.79. The molecule has 0 aliphatic rings. The predicted molar refractivity (Wildman–Crippen MR) is 56.9 cm³/mol. The Morgan fingerprint density at radius 2 is 2.44 bits per heavy atom. The topological polar surface area (TPSA) is 93.5 Å². The largest absolute Gasteiger partial charge is 0.481 e. The van der Waals surface area contributed by atoms with Crippen LogP contribution in [0.1, 0.15) is 23.9 Å². The van der Waals surface area contributed by atoms with Crippen LogP contribution in [0, 0.1) is 6.92 Å². The summed E-state index contributed by atoms with van der Waals surface area (Å²) in [6.07, 6.45) is 1.59. The molecule has 1 unspecified atom stereocenters. The van der Waals surface area contributed by atoms with E-state index >= 15 is 0 Å². The Morgan fingerprint density at radius 1 is 1.69 bits per heavy atom. The van der Waals surface area contributed by atoms with E-state index < -0.39 is 12.0 Å². The number of nitrogens with two attached hydrogens (primary N) is 1. The van der Waals surface area contributed by atoms with Crippen molar-refractivity contribution in [3.05, 3.63) is 29.7 Å². The molecule has 0 amide bonds. The second kappa shape index (κ2) is 3.90. The molecule has 0 fully saturated rings. The average molecular weight is 220 g/mol. The molecule has 0 aromatic carbocycles. The minimum absolute atomic E-state index is 0.171. The van der Waals surface area contributed by atoms with E-state index in [0.29, 0.717) is 11.5 Å². The van der Waals surface area contributed by atoms with Crippen molar-refractivity contribution in [3.63, 3.8) is 0 Å². The van der Waals surface area contributed by atoms with E-state index in [1.165, 1.54) is 0 Å². The number of carbonyl (C=O) groups is 1. The molecular formula is C10H12N4O2. The van der Waals surface area contributed by atoms with Gasteiger partial charge in [0.25, 0.3) is 0 Å². The number of aromatic nitrogens is 3. The maximum Gasteiger partial charge on any atom is 0.305 e. The average Bonchev–Trinajstić information content (AvgIpc) is 2.61. The lowest BCUT2D eigenvalue weighted by Gasteiger charge is -2.01. The molecule has 6 heteroatoms. The molecule has 2 aromatic rings. The Kier molecular flexibility index (Phi) is 2.57. The third-order valence-electron chi connectivity index (χ3n) is 2.30. The van der Waals surface area contributed by atoms with Gasteiger partial charge in [0, 0.05) is 6.20 Å². The van der Waals surface area contributed by atoms with E-state index in [-0.39, 0.29) is 6.42 Å². The molecule has 0 spiro atoms. The second-order valence-electron chi connectivity index (χ2n) is 3.63. The number of hydrogen-bond acceptors (Lipinski definition) is 4. The molecule has 2 rings (SSSR count). The summed E-state index contributed by atoms with van der Waals surface area (Å²) in [5, 5.41) is 12.8. The Balaban J connectivity index is 2.39. The molecule has 0 radical (unpaired) electrons. The van der Waals surface area contributed by atoms with Gasteiger partial charge in [-0.1, -0.05) is 6.07 Å². The van der Waals surface area contributed by atoms with Crippen molar-refractivity contribution in [2.45, 2.75) is 19.4 Å². The zero-order valence-corrected chi connectivity index (χ0v) is 8.79. The Morgan fingerprint density at radius 3 is 3.06 bits per heavy atom. The van der Waals surface area contributed by atoms with Gasteiger partial charge in [0.1, 0.15) is 0 Å². The SMILES string of the molecule is Cc1cccn2nc(C(N)CC(=O)O)nc12. The number of carboxylic acid groups (broad SMARTS) is 1. The van der Waals surface area contributed by atoms with Gasteiger partial charge in [0.2, 0.25) is 0 Å². The number of nitrogens with zero attached hydrogens (tertiary/aromatic N) is 3. The quantitative estimate of drug-likeness (QED) is 0.786. The maximum atomic E-state index is 10.5.